The van der Waals surface area contributed by atoms with Crippen molar-refractivity contribution in [2.45, 2.75) is 87.2 Å². The van der Waals surface area contributed by atoms with Crippen LogP contribution in [0.15, 0.2) is 55.6 Å². The molecule has 8 atom stereocenters. The lowest BCUT2D eigenvalue weighted by molar-refractivity contribution is -0.161. The van der Waals surface area contributed by atoms with Gasteiger partial charge in [0, 0.05) is 23.8 Å². The van der Waals surface area contributed by atoms with Crippen LogP contribution in [0.1, 0.15) is 58.1 Å². The molecule has 3 aliphatic heterocycles. The fourth-order valence-corrected chi connectivity index (χ4v) is 7.86. The van der Waals surface area contributed by atoms with Gasteiger partial charge < -0.3 is 29.7 Å². The van der Waals surface area contributed by atoms with Gasteiger partial charge in [-0.15, -0.1) is 13.2 Å². The van der Waals surface area contributed by atoms with Crippen LogP contribution in [0.5, 0.6) is 0 Å². The van der Waals surface area contributed by atoms with Gasteiger partial charge in [0.1, 0.15) is 17.7 Å². The third-order valence-electron chi connectivity index (χ3n) is 9.03. The number of aliphatic hydroxyl groups excluding tert-OH is 1. The van der Waals surface area contributed by atoms with Gasteiger partial charge in [-0.2, -0.15) is 0 Å². The Morgan fingerprint density at radius 2 is 1.95 bits per heavy atom. The lowest BCUT2D eigenvalue weighted by Crippen LogP contribution is -2.59. The number of fused-ring (bicyclic) bond motifs is 1. The van der Waals surface area contributed by atoms with Crippen LogP contribution in [-0.2, 0) is 28.7 Å². The predicted molar refractivity (Wildman–Crippen MR) is 168 cm³/mol. The summed E-state index contributed by atoms with van der Waals surface area (Å²) in [4.78, 5) is 58.0. The number of carbonyl (C=O) groups excluding carboxylic acids is 4. The molecule has 10 nitrogen and oxygen atoms in total. The number of nitrogens with one attached hydrogen (secondary N) is 1. The molecule has 4 rings (SSSR count). The van der Waals surface area contributed by atoms with Crippen molar-refractivity contribution in [3.05, 3.63) is 61.2 Å². The molecule has 11 heteroatoms. The van der Waals surface area contributed by atoms with Gasteiger partial charge in [-0.3, -0.25) is 19.2 Å². The van der Waals surface area contributed by atoms with Crippen LogP contribution in [0.3, 0.4) is 0 Å². The number of esters is 1. The van der Waals surface area contributed by atoms with Crippen molar-refractivity contribution in [1.82, 2.24) is 15.1 Å². The number of amides is 3. The Hall–Kier alpha value is -3.02. The maximum Gasteiger partial charge on any atom is 0.313 e. The number of ether oxygens (including phenoxy) is 2. The van der Waals surface area contributed by atoms with Crippen molar-refractivity contribution in [2.24, 2.45) is 11.8 Å². The Labute approximate surface area is 267 Å². The van der Waals surface area contributed by atoms with Crippen LogP contribution < -0.4 is 5.32 Å². The summed E-state index contributed by atoms with van der Waals surface area (Å²) in [6.07, 6.45) is 3.32. The van der Waals surface area contributed by atoms with Gasteiger partial charge in [-0.1, -0.05) is 65.3 Å². The van der Waals surface area contributed by atoms with E-state index in [4.69, 9.17) is 9.47 Å². The number of halogens is 1. The minimum absolute atomic E-state index is 0.0476. The third kappa shape index (κ3) is 6.23. The highest BCUT2D eigenvalue weighted by Crippen LogP contribution is 2.61. The molecule has 2 bridgehead atoms. The summed E-state index contributed by atoms with van der Waals surface area (Å²) in [6, 6.07) is 7.25. The van der Waals surface area contributed by atoms with Gasteiger partial charge in [0.15, 0.2) is 0 Å². The van der Waals surface area contributed by atoms with Crippen LogP contribution >= 0.6 is 15.9 Å². The average molecular weight is 675 g/mol. The highest BCUT2D eigenvalue weighted by Gasteiger charge is 2.77. The third-order valence-corrected chi connectivity index (χ3v) is 9.88. The molecule has 3 fully saturated rings. The van der Waals surface area contributed by atoms with E-state index in [9.17, 15) is 24.3 Å². The number of likely N-dealkylation sites (tertiary alicyclic amines) is 1. The fraction of sp³-hybridized carbons (Fsp3) is 0.576. The summed E-state index contributed by atoms with van der Waals surface area (Å²) in [6.45, 7) is 13.1. The second-order valence-electron chi connectivity index (χ2n) is 12.0. The van der Waals surface area contributed by atoms with Crippen molar-refractivity contribution < 1.29 is 33.8 Å². The van der Waals surface area contributed by atoms with E-state index in [1.54, 1.807) is 17.1 Å². The quantitative estimate of drug-likeness (QED) is 0.166. The molecule has 3 heterocycles. The molecule has 1 aromatic rings. The van der Waals surface area contributed by atoms with Gasteiger partial charge in [-0.05, 0) is 38.7 Å². The van der Waals surface area contributed by atoms with Crippen molar-refractivity contribution in [3.63, 3.8) is 0 Å². The zero-order chi connectivity index (χ0) is 32.2. The van der Waals surface area contributed by atoms with E-state index in [0.717, 1.165) is 0 Å². The monoisotopic (exact) mass is 673 g/mol. The Bertz CT molecular complexity index is 1240. The summed E-state index contributed by atoms with van der Waals surface area (Å²) >= 11 is 3.69. The first-order valence-corrected chi connectivity index (χ1v) is 16.3. The van der Waals surface area contributed by atoms with Gasteiger partial charge in [0.25, 0.3) is 0 Å². The van der Waals surface area contributed by atoms with Crippen molar-refractivity contribution in [3.8, 4) is 0 Å². The highest BCUT2D eigenvalue weighted by atomic mass is 79.9. The number of benzene rings is 1. The van der Waals surface area contributed by atoms with E-state index in [2.05, 4.69) is 34.4 Å². The zero-order valence-electron chi connectivity index (χ0n) is 25.7. The molecule has 0 radical (unpaired) electrons. The number of carbonyl (C=O) groups is 4. The van der Waals surface area contributed by atoms with Crippen molar-refractivity contribution in [2.75, 3.05) is 19.7 Å². The van der Waals surface area contributed by atoms with Crippen LogP contribution in [0, 0.1) is 11.8 Å². The van der Waals surface area contributed by atoms with E-state index in [-0.39, 0.29) is 48.8 Å². The molecule has 0 saturated carbocycles. The highest BCUT2D eigenvalue weighted by molar-refractivity contribution is 9.09. The van der Waals surface area contributed by atoms with Gasteiger partial charge in [0.2, 0.25) is 17.7 Å². The Morgan fingerprint density at radius 3 is 2.55 bits per heavy atom. The molecule has 2 N–H and O–H groups in total. The molecule has 0 aliphatic carbocycles. The number of nitrogens with zero attached hydrogens (tertiary/aromatic N) is 2. The van der Waals surface area contributed by atoms with E-state index < -0.39 is 53.6 Å². The summed E-state index contributed by atoms with van der Waals surface area (Å²) in [7, 11) is 0. The molecule has 1 spiro atoms. The summed E-state index contributed by atoms with van der Waals surface area (Å²) in [5, 5.41) is 13.1. The SMILES string of the molecule is C=CCCC(=O)NC[C@@H](OC(=O)[C@@H]1[C@H]2O[C@@]3(CC2Br)[C@H](C(=O)N(CC=C)C(C)C)N([C@@H](CC)CO)C(=O)[C@@H]13)c1ccccc1. The first kappa shape index (κ1) is 33.9. The number of hydrogen-bond donors (Lipinski definition) is 2. The summed E-state index contributed by atoms with van der Waals surface area (Å²) < 4.78 is 12.7. The van der Waals surface area contributed by atoms with Crippen LogP contribution in [0.2, 0.25) is 0 Å². The maximum atomic E-state index is 14.3. The van der Waals surface area contributed by atoms with Crippen molar-refractivity contribution in [1.29, 1.82) is 0 Å². The molecule has 3 amide bonds. The molecule has 44 heavy (non-hydrogen) atoms. The topological polar surface area (TPSA) is 125 Å². The molecule has 3 aliphatic rings. The molecule has 1 unspecified atom stereocenters. The normalized spacial score (nSPS) is 28.4. The minimum Gasteiger partial charge on any atom is -0.455 e. The van der Waals surface area contributed by atoms with E-state index in [1.165, 1.54) is 4.90 Å². The lowest BCUT2D eigenvalue weighted by Gasteiger charge is -2.40. The molecule has 0 aromatic heterocycles. The largest absolute Gasteiger partial charge is 0.455 e. The fourth-order valence-electron chi connectivity index (χ4n) is 6.92. The Kier molecular flexibility index (Phi) is 11.1. The van der Waals surface area contributed by atoms with E-state index in [1.807, 2.05) is 51.1 Å². The molecular formula is C33H44BrN3O7. The average Bonchev–Trinajstić information content (AvgIpc) is 3.61. The minimum atomic E-state index is -1.28. The van der Waals surface area contributed by atoms with Crippen LogP contribution in [0.25, 0.3) is 0 Å². The maximum absolute atomic E-state index is 14.3. The van der Waals surface area contributed by atoms with Gasteiger partial charge in [0.05, 0.1) is 37.1 Å². The first-order chi connectivity index (χ1) is 21.1. The smallest absolute Gasteiger partial charge is 0.313 e. The van der Waals surface area contributed by atoms with Gasteiger partial charge >= 0.3 is 5.97 Å². The second kappa shape index (κ2) is 14.4. The van der Waals surface area contributed by atoms with Crippen LogP contribution in [0.4, 0.5) is 0 Å². The van der Waals surface area contributed by atoms with Crippen LogP contribution in [-0.4, -0.2) is 93.0 Å². The summed E-state index contributed by atoms with van der Waals surface area (Å²) in [5.41, 5.74) is -0.593. The van der Waals surface area contributed by atoms with E-state index >= 15 is 0 Å². The molecule has 1 aromatic carbocycles. The number of allylic oxidation sites excluding steroid dienone is 1. The predicted octanol–water partition coefficient (Wildman–Crippen LogP) is 3.30. The Morgan fingerprint density at radius 1 is 1.25 bits per heavy atom. The molecule has 240 valence electrons. The molecular weight excluding hydrogens is 630 g/mol. The first-order valence-electron chi connectivity index (χ1n) is 15.3. The van der Waals surface area contributed by atoms with Gasteiger partial charge in [-0.25, -0.2) is 0 Å². The van der Waals surface area contributed by atoms with E-state index in [0.29, 0.717) is 24.8 Å². The second-order valence-corrected chi connectivity index (χ2v) is 13.2. The number of aliphatic hydroxyl groups is 1. The standard InChI is InChI=1S/C33H44BrN3O7/c1-6-9-15-25(39)35-18-24(21-13-11-10-12-14-21)43-32(42)26-27-30(40)37(22(8-3)19-38)29(31(41)36(16-7-2)20(4)5)33(27)17-23(34)28(26)44-33/h6-7,10-14,20,22-24,26-29,38H,1-2,8-9,15-19H2,3-5H3,(H,35,39)/t22-,23?,24+,26-,27+,28-,29-,33+/m0/s1. The lowest BCUT2D eigenvalue weighted by atomic mass is 9.70. The molecule has 3 saturated heterocycles. The number of alkyl halides is 1. The number of hydrogen-bond acceptors (Lipinski definition) is 7. The van der Waals surface area contributed by atoms with Crippen molar-refractivity contribution >= 4 is 39.6 Å². The zero-order valence-corrected chi connectivity index (χ0v) is 27.3. The Balaban J connectivity index is 1.69. The summed E-state index contributed by atoms with van der Waals surface area (Å²) in [5.74, 6) is -3.50. The number of rotatable bonds is 15.